The first-order valence-corrected chi connectivity index (χ1v) is 6.40. The van der Waals surface area contributed by atoms with Crippen LogP contribution in [-0.2, 0) is 0 Å². The summed E-state index contributed by atoms with van der Waals surface area (Å²) in [6.45, 7) is 0. The van der Waals surface area contributed by atoms with Crippen molar-refractivity contribution in [1.82, 2.24) is 15.0 Å². The molecule has 5 nitrogen and oxygen atoms in total. The van der Waals surface area contributed by atoms with Gasteiger partial charge in [0.15, 0.2) is 0 Å². The van der Waals surface area contributed by atoms with Gasteiger partial charge >= 0.3 is 5.97 Å². The molecule has 0 atom stereocenters. The number of aromatic nitrogens is 3. The molecule has 0 spiro atoms. The van der Waals surface area contributed by atoms with Crippen molar-refractivity contribution in [3.05, 3.63) is 52.3 Å². The molecule has 0 unspecified atom stereocenters. The van der Waals surface area contributed by atoms with Gasteiger partial charge in [-0.2, -0.15) is 0 Å². The Morgan fingerprint density at radius 2 is 2.10 bits per heavy atom. The second-order valence-electron chi connectivity index (χ2n) is 4.08. The predicted molar refractivity (Wildman–Crippen MR) is 73.5 cm³/mol. The molecule has 0 aliphatic carbocycles. The van der Waals surface area contributed by atoms with Gasteiger partial charge in [-0.05, 0) is 40.2 Å². The van der Waals surface area contributed by atoms with E-state index in [1.54, 1.807) is 24.3 Å². The predicted octanol–water partition coefficient (Wildman–Crippen LogP) is 3.02. The standard InChI is InChI=1S/C13H7BrFN3O2/c14-9-5-4-7(6-10(9)15)18-11-3-1-2-8(13(19)20)12(11)16-17-18/h1-6H,(H,19,20). The SMILES string of the molecule is O=C(O)c1cccc2c1nnn2-c1ccc(Br)c(F)c1. The number of nitrogens with zero attached hydrogens (tertiary/aromatic N) is 3. The van der Waals surface area contributed by atoms with E-state index in [4.69, 9.17) is 5.11 Å². The van der Waals surface area contributed by atoms with E-state index in [9.17, 15) is 9.18 Å². The Bertz CT molecular complexity index is 832. The van der Waals surface area contributed by atoms with Crippen molar-refractivity contribution in [1.29, 1.82) is 0 Å². The van der Waals surface area contributed by atoms with Gasteiger partial charge in [0, 0.05) is 6.07 Å². The number of carbonyl (C=O) groups is 1. The number of rotatable bonds is 2. The number of halogens is 2. The topological polar surface area (TPSA) is 68.0 Å². The van der Waals surface area contributed by atoms with Crippen LogP contribution in [0, 0.1) is 5.82 Å². The summed E-state index contributed by atoms with van der Waals surface area (Å²) >= 11 is 3.08. The van der Waals surface area contributed by atoms with Gasteiger partial charge in [0.25, 0.3) is 0 Å². The summed E-state index contributed by atoms with van der Waals surface area (Å²) in [5.74, 6) is -1.51. The minimum Gasteiger partial charge on any atom is -0.478 e. The number of carboxylic acid groups (broad SMARTS) is 1. The van der Waals surface area contributed by atoms with Crippen LogP contribution in [0.1, 0.15) is 10.4 Å². The van der Waals surface area contributed by atoms with Crippen LogP contribution in [0.4, 0.5) is 4.39 Å². The maximum absolute atomic E-state index is 13.6. The van der Waals surface area contributed by atoms with Crippen molar-refractivity contribution in [2.24, 2.45) is 0 Å². The van der Waals surface area contributed by atoms with E-state index >= 15 is 0 Å². The molecule has 3 aromatic rings. The lowest BCUT2D eigenvalue weighted by atomic mass is 10.2. The van der Waals surface area contributed by atoms with Crippen LogP contribution in [0.5, 0.6) is 0 Å². The van der Waals surface area contributed by atoms with Gasteiger partial charge < -0.3 is 5.11 Å². The highest BCUT2D eigenvalue weighted by molar-refractivity contribution is 9.10. The van der Waals surface area contributed by atoms with Gasteiger partial charge in [-0.3, -0.25) is 0 Å². The van der Waals surface area contributed by atoms with Crippen molar-refractivity contribution in [3.63, 3.8) is 0 Å². The summed E-state index contributed by atoms with van der Waals surface area (Å²) < 4.78 is 15.3. The Morgan fingerprint density at radius 3 is 2.80 bits per heavy atom. The molecule has 0 bridgehead atoms. The average molecular weight is 336 g/mol. The lowest BCUT2D eigenvalue weighted by Gasteiger charge is -2.03. The smallest absolute Gasteiger partial charge is 0.338 e. The second-order valence-corrected chi connectivity index (χ2v) is 4.93. The number of hydrogen-bond acceptors (Lipinski definition) is 3. The van der Waals surface area contributed by atoms with Crippen LogP contribution in [0.2, 0.25) is 0 Å². The van der Waals surface area contributed by atoms with Crippen LogP contribution in [-0.4, -0.2) is 26.1 Å². The zero-order chi connectivity index (χ0) is 14.3. The largest absolute Gasteiger partial charge is 0.478 e. The molecule has 0 amide bonds. The first kappa shape index (κ1) is 12.7. The fraction of sp³-hybridized carbons (Fsp3) is 0. The minimum absolute atomic E-state index is 0.0614. The Kier molecular flexibility index (Phi) is 2.98. The van der Waals surface area contributed by atoms with Gasteiger partial charge in [0.2, 0.25) is 0 Å². The fourth-order valence-electron chi connectivity index (χ4n) is 1.93. The first-order valence-electron chi connectivity index (χ1n) is 5.61. The molecular weight excluding hydrogens is 329 g/mol. The van der Waals surface area contributed by atoms with E-state index in [2.05, 4.69) is 26.2 Å². The minimum atomic E-state index is -1.08. The number of fused-ring (bicyclic) bond motifs is 1. The Morgan fingerprint density at radius 1 is 1.30 bits per heavy atom. The lowest BCUT2D eigenvalue weighted by molar-refractivity contribution is 0.0699. The molecule has 1 aromatic heterocycles. The van der Waals surface area contributed by atoms with E-state index in [0.29, 0.717) is 15.7 Å². The Labute approximate surface area is 120 Å². The zero-order valence-electron chi connectivity index (χ0n) is 9.92. The van der Waals surface area contributed by atoms with Crippen LogP contribution >= 0.6 is 15.9 Å². The molecule has 0 fully saturated rings. The molecule has 0 saturated carbocycles. The molecule has 1 N–H and O–H groups in total. The third-order valence-electron chi connectivity index (χ3n) is 2.86. The molecular formula is C13H7BrFN3O2. The number of benzene rings is 2. The molecule has 0 aliphatic heterocycles. The third kappa shape index (κ3) is 1.96. The number of hydrogen-bond donors (Lipinski definition) is 1. The molecule has 1 heterocycles. The fourth-order valence-corrected chi connectivity index (χ4v) is 2.17. The summed E-state index contributed by atoms with van der Waals surface area (Å²) in [5.41, 5.74) is 1.30. The summed E-state index contributed by atoms with van der Waals surface area (Å²) in [5, 5.41) is 16.9. The molecule has 100 valence electrons. The monoisotopic (exact) mass is 335 g/mol. The molecule has 20 heavy (non-hydrogen) atoms. The highest BCUT2D eigenvalue weighted by atomic mass is 79.9. The summed E-state index contributed by atoms with van der Waals surface area (Å²) in [6, 6.07) is 9.24. The van der Waals surface area contributed by atoms with Crippen LogP contribution < -0.4 is 0 Å². The number of carboxylic acids is 1. The lowest BCUT2D eigenvalue weighted by Crippen LogP contribution is -1.99. The molecule has 2 aromatic carbocycles. The van der Waals surface area contributed by atoms with Crippen molar-refractivity contribution >= 4 is 32.9 Å². The van der Waals surface area contributed by atoms with Crippen molar-refractivity contribution < 1.29 is 14.3 Å². The average Bonchev–Trinajstić information content (AvgIpc) is 2.85. The van der Waals surface area contributed by atoms with Crippen LogP contribution in [0.15, 0.2) is 40.9 Å². The highest BCUT2D eigenvalue weighted by Gasteiger charge is 2.15. The third-order valence-corrected chi connectivity index (χ3v) is 3.50. The van der Waals surface area contributed by atoms with Crippen molar-refractivity contribution in [2.45, 2.75) is 0 Å². The van der Waals surface area contributed by atoms with Gasteiger partial charge in [0.1, 0.15) is 11.3 Å². The Hall–Kier alpha value is -2.28. The maximum Gasteiger partial charge on any atom is 0.338 e. The van der Waals surface area contributed by atoms with Crippen molar-refractivity contribution in [2.75, 3.05) is 0 Å². The highest BCUT2D eigenvalue weighted by Crippen LogP contribution is 2.22. The normalized spacial score (nSPS) is 10.9. The van der Waals surface area contributed by atoms with E-state index in [1.165, 1.54) is 16.8 Å². The summed E-state index contributed by atoms with van der Waals surface area (Å²) in [6.07, 6.45) is 0. The van der Waals surface area contributed by atoms with E-state index in [0.717, 1.165) is 0 Å². The van der Waals surface area contributed by atoms with Gasteiger partial charge in [0.05, 0.1) is 21.2 Å². The maximum atomic E-state index is 13.6. The van der Waals surface area contributed by atoms with Gasteiger partial charge in [-0.15, -0.1) is 5.10 Å². The molecule has 0 aliphatic rings. The molecule has 0 radical (unpaired) electrons. The van der Waals surface area contributed by atoms with Gasteiger partial charge in [-0.1, -0.05) is 11.3 Å². The summed E-state index contributed by atoms with van der Waals surface area (Å²) in [4.78, 5) is 11.1. The second kappa shape index (κ2) is 4.68. The van der Waals surface area contributed by atoms with E-state index in [-0.39, 0.29) is 11.1 Å². The zero-order valence-corrected chi connectivity index (χ0v) is 11.5. The van der Waals surface area contributed by atoms with E-state index in [1.807, 2.05) is 0 Å². The van der Waals surface area contributed by atoms with Crippen LogP contribution in [0.3, 0.4) is 0 Å². The summed E-state index contributed by atoms with van der Waals surface area (Å²) in [7, 11) is 0. The van der Waals surface area contributed by atoms with Gasteiger partial charge in [-0.25, -0.2) is 13.9 Å². The Balaban J connectivity index is 2.25. The first-order chi connectivity index (χ1) is 9.58. The molecule has 3 rings (SSSR count). The van der Waals surface area contributed by atoms with Crippen LogP contribution in [0.25, 0.3) is 16.7 Å². The molecule has 7 heteroatoms. The van der Waals surface area contributed by atoms with Crippen molar-refractivity contribution in [3.8, 4) is 5.69 Å². The van der Waals surface area contributed by atoms with E-state index < -0.39 is 11.8 Å². The molecule has 0 saturated heterocycles. The number of aromatic carboxylic acids is 1. The quantitative estimate of drug-likeness (QED) is 0.781.